The van der Waals surface area contributed by atoms with Crippen molar-refractivity contribution < 1.29 is 19.7 Å². The molecule has 0 radical (unpaired) electrons. The number of H-pyrrole nitrogens is 1. The van der Waals surface area contributed by atoms with Crippen LogP contribution in [0.2, 0.25) is 10.0 Å². The van der Waals surface area contributed by atoms with E-state index in [-0.39, 0.29) is 17.2 Å². The van der Waals surface area contributed by atoms with Crippen LogP contribution in [-0.4, -0.2) is 44.2 Å². The highest BCUT2D eigenvalue weighted by Gasteiger charge is 2.57. The Kier molecular flexibility index (Phi) is 7.18. The molecular weight excluding hydrogens is 447 g/mol. The van der Waals surface area contributed by atoms with Crippen LogP contribution in [0.5, 0.6) is 5.75 Å². The van der Waals surface area contributed by atoms with Crippen LogP contribution in [0.3, 0.4) is 0 Å². The van der Waals surface area contributed by atoms with E-state index >= 15 is 0 Å². The molecule has 31 heavy (non-hydrogen) atoms. The number of halogens is 2. The van der Waals surface area contributed by atoms with Gasteiger partial charge in [-0.3, -0.25) is 14.3 Å². The van der Waals surface area contributed by atoms with E-state index in [2.05, 4.69) is 4.98 Å². The minimum atomic E-state index is -1.59. The maximum absolute atomic E-state index is 12.9. The minimum absolute atomic E-state index is 0.0596. The maximum Gasteiger partial charge on any atom is 0.330 e. The van der Waals surface area contributed by atoms with Crippen LogP contribution < -0.4 is 16.0 Å². The SMILES string of the molecule is CCc1cn(C2(CC(O)CC)O[C@H](C)[C@@H](O)[C@H]2Oc2ccc(Cl)cc2Cl)c(=O)[nH]c1=O. The molecule has 2 heterocycles. The number of aromatic amines is 1. The van der Waals surface area contributed by atoms with E-state index in [9.17, 15) is 19.8 Å². The number of aromatic nitrogens is 2. The Balaban J connectivity index is 2.20. The van der Waals surface area contributed by atoms with Gasteiger partial charge in [-0.2, -0.15) is 0 Å². The molecule has 1 aliphatic heterocycles. The Bertz CT molecular complexity index is 1050. The van der Waals surface area contributed by atoms with Crippen molar-refractivity contribution in [2.45, 2.75) is 70.2 Å². The normalized spacial score (nSPS) is 26.7. The molecule has 3 N–H and O–H groups in total. The van der Waals surface area contributed by atoms with Gasteiger partial charge in [0.15, 0.2) is 11.8 Å². The number of rotatable bonds is 7. The summed E-state index contributed by atoms with van der Waals surface area (Å²) in [5.41, 5.74) is -2.48. The zero-order valence-electron chi connectivity index (χ0n) is 17.5. The van der Waals surface area contributed by atoms with Gasteiger partial charge in [-0.05, 0) is 38.0 Å². The van der Waals surface area contributed by atoms with Gasteiger partial charge in [0.2, 0.25) is 0 Å². The zero-order valence-corrected chi connectivity index (χ0v) is 19.0. The molecular formula is C21H26Cl2N2O6. The molecule has 0 aliphatic carbocycles. The van der Waals surface area contributed by atoms with Gasteiger partial charge in [-0.15, -0.1) is 0 Å². The highest BCUT2D eigenvalue weighted by molar-refractivity contribution is 6.35. The van der Waals surface area contributed by atoms with Crippen LogP contribution in [0.1, 0.15) is 39.2 Å². The van der Waals surface area contributed by atoms with Crippen LogP contribution in [0.15, 0.2) is 34.0 Å². The van der Waals surface area contributed by atoms with E-state index in [1.807, 2.05) is 0 Å². The summed E-state index contributed by atoms with van der Waals surface area (Å²) in [6.45, 7) is 5.20. The third kappa shape index (κ3) is 4.54. The summed E-state index contributed by atoms with van der Waals surface area (Å²) in [5, 5.41) is 22.1. The fourth-order valence-corrected chi connectivity index (χ4v) is 4.28. The predicted octanol–water partition coefficient (Wildman–Crippen LogP) is 2.45. The molecule has 10 heteroatoms. The number of nitrogens with zero attached hydrogens (tertiary/aromatic N) is 1. The summed E-state index contributed by atoms with van der Waals surface area (Å²) in [5.74, 6) is 0.233. The van der Waals surface area contributed by atoms with Gasteiger partial charge in [-0.25, -0.2) is 4.79 Å². The molecule has 0 bridgehead atoms. The van der Waals surface area contributed by atoms with Gasteiger partial charge >= 0.3 is 5.69 Å². The topological polar surface area (TPSA) is 114 Å². The summed E-state index contributed by atoms with van der Waals surface area (Å²) in [4.78, 5) is 27.3. The number of ether oxygens (including phenoxy) is 2. The van der Waals surface area contributed by atoms with Crippen LogP contribution in [0, 0.1) is 0 Å². The van der Waals surface area contributed by atoms with Crippen molar-refractivity contribution in [1.82, 2.24) is 9.55 Å². The molecule has 1 fully saturated rings. The first-order valence-corrected chi connectivity index (χ1v) is 10.9. The fourth-order valence-electron chi connectivity index (χ4n) is 3.82. The second kappa shape index (κ2) is 9.34. The predicted molar refractivity (Wildman–Crippen MR) is 117 cm³/mol. The molecule has 1 aromatic carbocycles. The smallest absolute Gasteiger partial charge is 0.330 e. The molecule has 1 saturated heterocycles. The molecule has 1 aromatic heterocycles. The second-order valence-corrected chi connectivity index (χ2v) is 8.52. The number of benzene rings is 1. The first kappa shape index (κ1) is 23.8. The van der Waals surface area contributed by atoms with E-state index in [1.54, 1.807) is 32.9 Å². The Morgan fingerprint density at radius 3 is 2.65 bits per heavy atom. The van der Waals surface area contributed by atoms with Crippen molar-refractivity contribution in [2.75, 3.05) is 0 Å². The van der Waals surface area contributed by atoms with Crippen molar-refractivity contribution in [3.05, 3.63) is 60.8 Å². The Hall–Kier alpha value is -1.84. The standard InChI is InChI=1S/C21H26Cl2N2O6/c1-4-12-10-25(20(29)24-19(12)28)21(9-14(26)5-2)18(17(27)11(3)31-21)30-16-7-6-13(22)8-15(16)23/h6-8,10-11,14,17-18,26-27H,4-5,9H2,1-3H3,(H,24,28,29)/t11-,14?,17-,18-,21?/m1/s1. The lowest BCUT2D eigenvalue weighted by Crippen LogP contribution is -2.55. The van der Waals surface area contributed by atoms with E-state index in [4.69, 9.17) is 32.7 Å². The molecule has 0 spiro atoms. The largest absolute Gasteiger partial charge is 0.481 e. The van der Waals surface area contributed by atoms with Crippen LogP contribution >= 0.6 is 23.2 Å². The number of aryl methyl sites for hydroxylation is 1. The number of aliphatic hydroxyl groups is 2. The van der Waals surface area contributed by atoms with Gasteiger partial charge in [0.25, 0.3) is 5.56 Å². The van der Waals surface area contributed by atoms with Crippen LogP contribution in [0.25, 0.3) is 0 Å². The summed E-state index contributed by atoms with van der Waals surface area (Å²) in [6, 6.07) is 4.63. The summed E-state index contributed by atoms with van der Waals surface area (Å²) in [6.07, 6.45) is -1.78. The van der Waals surface area contributed by atoms with Crippen LogP contribution in [-0.2, 0) is 16.9 Å². The lowest BCUT2D eigenvalue weighted by atomic mass is 9.94. The monoisotopic (exact) mass is 472 g/mol. The molecule has 170 valence electrons. The van der Waals surface area contributed by atoms with Gasteiger partial charge in [-0.1, -0.05) is 37.0 Å². The number of aliphatic hydroxyl groups excluding tert-OH is 2. The Morgan fingerprint density at radius 2 is 2.03 bits per heavy atom. The molecule has 1 aliphatic rings. The maximum atomic E-state index is 12.9. The Labute approximate surface area is 189 Å². The van der Waals surface area contributed by atoms with Gasteiger partial charge in [0.1, 0.15) is 11.9 Å². The van der Waals surface area contributed by atoms with E-state index in [1.165, 1.54) is 16.8 Å². The number of hydrogen-bond donors (Lipinski definition) is 3. The van der Waals surface area contributed by atoms with Gasteiger partial charge in [0.05, 0.1) is 17.2 Å². The van der Waals surface area contributed by atoms with Gasteiger partial charge in [0, 0.05) is 23.2 Å². The van der Waals surface area contributed by atoms with E-state index in [0.29, 0.717) is 23.4 Å². The summed E-state index contributed by atoms with van der Waals surface area (Å²) >= 11 is 12.2. The fraction of sp³-hybridized carbons (Fsp3) is 0.524. The molecule has 2 unspecified atom stereocenters. The quantitative estimate of drug-likeness (QED) is 0.570. The van der Waals surface area contributed by atoms with E-state index < -0.39 is 41.4 Å². The van der Waals surface area contributed by atoms with Crippen molar-refractivity contribution in [3.63, 3.8) is 0 Å². The number of nitrogens with one attached hydrogen (secondary N) is 1. The second-order valence-electron chi connectivity index (χ2n) is 7.67. The Morgan fingerprint density at radius 1 is 1.32 bits per heavy atom. The average molecular weight is 473 g/mol. The van der Waals surface area contributed by atoms with Crippen molar-refractivity contribution in [3.8, 4) is 5.75 Å². The summed E-state index contributed by atoms with van der Waals surface area (Å²) in [7, 11) is 0. The third-order valence-electron chi connectivity index (χ3n) is 5.58. The lowest BCUT2D eigenvalue weighted by Gasteiger charge is -2.37. The summed E-state index contributed by atoms with van der Waals surface area (Å²) < 4.78 is 13.4. The van der Waals surface area contributed by atoms with Crippen molar-refractivity contribution in [1.29, 1.82) is 0 Å². The van der Waals surface area contributed by atoms with E-state index in [0.717, 1.165) is 0 Å². The highest BCUT2D eigenvalue weighted by Crippen LogP contribution is 2.42. The first-order chi connectivity index (χ1) is 14.6. The first-order valence-electron chi connectivity index (χ1n) is 10.1. The minimum Gasteiger partial charge on any atom is -0.481 e. The molecule has 2 aromatic rings. The molecule has 8 nitrogen and oxygen atoms in total. The number of hydrogen-bond acceptors (Lipinski definition) is 6. The zero-order chi connectivity index (χ0) is 22.9. The average Bonchev–Trinajstić information content (AvgIpc) is 2.94. The lowest BCUT2D eigenvalue weighted by molar-refractivity contribution is -0.156. The van der Waals surface area contributed by atoms with Crippen LogP contribution in [0.4, 0.5) is 0 Å². The molecule has 0 saturated carbocycles. The molecule has 5 atom stereocenters. The third-order valence-corrected chi connectivity index (χ3v) is 6.11. The van der Waals surface area contributed by atoms with Crippen molar-refractivity contribution in [2.24, 2.45) is 0 Å². The molecule has 0 amide bonds. The highest BCUT2D eigenvalue weighted by atomic mass is 35.5. The van der Waals surface area contributed by atoms with Crippen molar-refractivity contribution >= 4 is 23.2 Å². The molecule has 3 rings (SSSR count). The van der Waals surface area contributed by atoms with Gasteiger partial charge < -0.3 is 19.7 Å².